The van der Waals surface area contributed by atoms with Gasteiger partial charge in [-0.15, -0.1) is 0 Å². The van der Waals surface area contributed by atoms with Gasteiger partial charge < -0.3 is 0 Å². The van der Waals surface area contributed by atoms with Crippen molar-refractivity contribution in [3.8, 4) is 0 Å². The predicted octanol–water partition coefficient (Wildman–Crippen LogP) is 4.28. The first kappa shape index (κ1) is 8.96. The molecule has 0 nitrogen and oxygen atoms in total. The lowest BCUT2D eigenvalue weighted by molar-refractivity contribution is 0.659. The molecule has 0 radical (unpaired) electrons. The molecule has 1 aliphatic rings. The molecule has 2 aromatic carbocycles. The molecule has 0 amide bonds. The van der Waals surface area contributed by atoms with Gasteiger partial charge in [0.1, 0.15) is 0 Å². The third-order valence-electron chi connectivity index (χ3n) is 3.72. The number of fused-ring (bicyclic) bond motifs is 3. The molecule has 0 spiro atoms. The first-order chi connectivity index (χ1) is 7.40. The number of rotatable bonds is 1. The Bertz CT molecular complexity index is 496. The summed E-state index contributed by atoms with van der Waals surface area (Å²) in [5.41, 5.74) is 3.22. The van der Waals surface area contributed by atoms with Crippen molar-refractivity contribution in [1.29, 1.82) is 0 Å². The van der Waals surface area contributed by atoms with Crippen LogP contribution in [0.1, 0.15) is 36.8 Å². The van der Waals surface area contributed by atoms with E-state index < -0.39 is 0 Å². The molecule has 15 heavy (non-hydrogen) atoms. The van der Waals surface area contributed by atoms with E-state index in [1.807, 2.05) is 0 Å². The Morgan fingerprint density at radius 1 is 1.13 bits per heavy atom. The molecule has 0 fully saturated rings. The molecule has 1 unspecified atom stereocenters. The molecule has 0 aliphatic heterocycles. The van der Waals surface area contributed by atoms with Crippen LogP contribution in [0.3, 0.4) is 0 Å². The van der Waals surface area contributed by atoms with Crippen LogP contribution in [0, 0.1) is 0 Å². The summed E-state index contributed by atoms with van der Waals surface area (Å²) in [6.07, 6.45) is 3.90. The van der Waals surface area contributed by atoms with Crippen LogP contribution in [0.5, 0.6) is 0 Å². The monoisotopic (exact) mass is 196 g/mol. The molecule has 0 saturated carbocycles. The Kier molecular flexibility index (Phi) is 2.02. The van der Waals surface area contributed by atoms with Gasteiger partial charge in [-0.05, 0) is 47.1 Å². The Morgan fingerprint density at radius 3 is 2.87 bits per heavy atom. The maximum absolute atomic E-state index is 2.33. The average molecular weight is 196 g/mol. The molecule has 0 N–H and O–H groups in total. The van der Waals surface area contributed by atoms with E-state index in [1.54, 1.807) is 11.1 Å². The van der Waals surface area contributed by atoms with Gasteiger partial charge >= 0.3 is 0 Å². The Labute approximate surface area is 90.9 Å². The lowest BCUT2D eigenvalue weighted by Crippen LogP contribution is -1.92. The Balaban J connectivity index is 2.32. The Hall–Kier alpha value is -1.30. The molecule has 0 saturated heterocycles. The van der Waals surface area contributed by atoms with Crippen molar-refractivity contribution >= 4 is 10.8 Å². The van der Waals surface area contributed by atoms with Crippen molar-refractivity contribution in [3.05, 3.63) is 47.5 Å². The second kappa shape index (κ2) is 3.37. The molecule has 76 valence electrons. The summed E-state index contributed by atoms with van der Waals surface area (Å²) < 4.78 is 0. The van der Waals surface area contributed by atoms with E-state index >= 15 is 0 Å². The summed E-state index contributed by atoms with van der Waals surface area (Å²) in [6.45, 7) is 2.31. The molecule has 0 heteroatoms. The summed E-state index contributed by atoms with van der Waals surface area (Å²) in [5, 5.41) is 2.89. The van der Waals surface area contributed by atoms with Crippen molar-refractivity contribution in [2.24, 2.45) is 0 Å². The highest BCUT2D eigenvalue weighted by Gasteiger charge is 2.22. The maximum Gasteiger partial charge on any atom is -0.0146 e. The minimum atomic E-state index is 0.797. The SMILES string of the molecule is CCC1CCc2ccc3ccccc3c21. The van der Waals surface area contributed by atoms with Crippen LogP contribution in [0.15, 0.2) is 36.4 Å². The topological polar surface area (TPSA) is 0 Å². The number of hydrogen-bond donors (Lipinski definition) is 0. The maximum atomic E-state index is 2.33. The standard InChI is InChI=1S/C15H16/c1-2-11-7-9-13-10-8-12-5-3-4-6-14(12)15(11)13/h3-6,8,10-11H,2,7,9H2,1H3. The largest absolute Gasteiger partial charge is 0.0648 e. The van der Waals surface area contributed by atoms with E-state index in [0.717, 1.165) is 5.92 Å². The van der Waals surface area contributed by atoms with Gasteiger partial charge in [-0.25, -0.2) is 0 Å². The average Bonchev–Trinajstić information content (AvgIpc) is 2.72. The molecule has 0 aromatic heterocycles. The fourth-order valence-corrected chi connectivity index (χ4v) is 2.92. The van der Waals surface area contributed by atoms with Crippen molar-refractivity contribution in [2.45, 2.75) is 32.1 Å². The number of aryl methyl sites for hydroxylation is 1. The predicted molar refractivity (Wildman–Crippen MR) is 65.3 cm³/mol. The Morgan fingerprint density at radius 2 is 2.00 bits per heavy atom. The second-order valence-electron chi connectivity index (χ2n) is 4.50. The molecule has 0 heterocycles. The summed E-state index contributed by atoms with van der Waals surface area (Å²) in [6, 6.07) is 13.4. The fourth-order valence-electron chi connectivity index (χ4n) is 2.92. The highest BCUT2D eigenvalue weighted by atomic mass is 14.3. The minimum absolute atomic E-state index is 0.797. The second-order valence-corrected chi connectivity index (χ2v) is 4.50. The zero-order valence-corrected chi connectivity index (χ0v) is 9.16. The molecule has 1 aliphatic carbocycles. The highest BCUT2D eigenvalue weighted by molar-refractivity contribution is 5.87. The minimum Gasteiger partial charge on any atom is -0.0648 e. The van der Waals surface area contributed by atoms with Crippen molar-refractivity contribution in [2.75, 3.05) is 0 Å². The first-order valence-electron chi connectivity index (χ1n) is 5.90. The van der Waals surface area contributed by atoms with Crippen LogP contribution in [0.2, 0.25) is 0 Å². The van der Waals surface area contributed by atoms with Gasteiger partial charge in [0.05, 0.1) is 0 Å². The third kappa shape index (κ3) is 1.28. The smallest absolute Gasteiger partial charge is 0.0146 e. The molecule has 0 bridgehead atoms. The molecule has 3 rings (SSSR count). The molecule has 1 atom stereocenters. The van der Waals surface area contributed by atoms with E-state index in [2.05, 4.69) is 43.3 Å². The van der Waals surface area contributed by atoms with E-state index in [-0.39, 0.29) is 0 Å². The van der Waals surface area contributed by atoms with Crippen molar-refractivity contribution in [1.82, 2.24) is 0 Å². The highest BCUT2D eigenvalue weighted by Crippen LogP contribution is 2.39. The van der Waals surface area contributed by atoms with Crippen molar-refractivity contribution < 1.29 is 0 Å². The normalized spacial score (nSPS) is 19.4. The third-order valence-corrected chi connectivity index (χ3v) is 3.72. The summed E-state index contributed by atoms with van der Waals surface area (Å²) in [4.78, 5) is 0. The van der Waals surface area contributed by atoms with E-state index in [1.165, 1.54) is 30.0 Å². The van der Waals surface area contributed by atoms with Gasteiger partial charge in [-0.1, -0.05) is 43.3 Å². The molecular formula is C15H16. The first-order valence-corrected chi connectivity index (χ1v) is 5.90. The van der Waals surface area contributed by atoms with Gasteiger partial charge in [0, 0.05) is 0 Å². The lowest BCUT2D eigenvalue weighted by atomic mass is 9.93. The number of hydrogen-bond acceptors (Lipinski definition) is 0. The van der Waals surface area contributed by atoms with Crippen molar-refractivity contribution in [3.63, 3.8) is 0 Å². The van der Waals surface area contributed by atoms with Crippen LogP contribution < -0.4 is 0 Å². The zero-order chi connectivity index (χ0) is 10.3. The fraction of sp³-hybridized carbons (Fsp3) is 0.333. The van der Waals surface area contributed by atoms with E-state index in [0.29, 0.717) is 0 Å². The van der Waals surface area contributed by atoms with E-state index in [9.17, 15) is 0 Å². The summed E-state index contributed by atoms with van der Waals surface area (Å²) >= 11 is 0. The van der Waals surface area contributed by atoms with Crippen LogP contribution in [0.25, 0.3) is 10.8 Å². The number of benzene rings is 2. The zero-order valence-electron chi connectivity index (χ0n) is 9.16. The molecule has 2 aromatic rings. The van der Waals surface area contributed by atoms with Crippen LogP contribution >= 0.6 is 0 Å². The van der Waals surface area contributed by atoms with Gasteiger partial charge in [-0.2, -0.15) is 0 Å². The van der Waals surface area contributed by atoms with Crippen LogP contribution in [0.4, 0.5) is 0 Å². The lowest BCUT2D eigenvalue weighted by Gasteiger charge is -2.11. The van der Waals surface area contributed by atoms with Gasteiger partial charge in [0.15, 0.2) is 0 Å². The quantitative estimate of drug-likeness (QED) is 0.638. The van der Waals surface area contributed by atoms with Crippen LogP contribution in [-0.2, 0) is 6.42 Å². The van der Waals surface area contributed by atoms with E-state index in [4.69, 9.17) is 0 Å². The van der Waals surface area contributed by atoms with Gasteiger partial charge in [0.2, 0.25) is 0 Å². The van der Waals surface area contributed by atoms with Gasteiger partial charge in [0.25, 0.3) is 0 Å². The molecular weight excluding hydrogens is 180 g/mol. The summed E-state index contributed by atoms with van der Waals surface area (Å²) in [7, 11) is 0. The van der Waals surface area contributed by atoms with Crippen LogP contribution in [-0.4, -0.2) is 0 Å². The summed E-state index contributed by atoms with van der Waals surface area (Å²) in [5.74, 6) is 0.797. The van der Waals surface area contributed by atoms with Gasteiger partial charge in [-0.3, -0.25) is 0 Å².